The molecule has 1 heterocycles. The number of aryl methyl sites for hydroxylation is 1. The second-order valence-electron chi connectivity index (χ2n) is 5.15. The summed E-state index contributed by atoms with van der Waals surface area (Å²) in [4.78, 5) is 11.9. The van der Waals surface area contributed by atoms with Crippen LogP contribution in [-0.4, -0.2) is 21.4 Å². The lowest BCUT2D eigenvalue weighted by molar-refractivity contribution is 0.456. The Hall–Kier alpha value is -2.40. The summed E-state index contributed by atoms with van der Waals surface area (Å²) in [5.41, 5.74) is 1.05. The molecule has 0 aliphatic rings. The predicted molar refractivity (Wildman–Crippen MR) is 83.2 cm³/mol. The molecule has 0 aliphatic carbocycles. The van der Waals surface area contributed by atoms with Crippen molar-refractivity contribution in [1.29, 1.82) is 0 Å². The number of hydrogen-bond donors (Lipinski definition) is 1. The van der Waals surface area contributed by atoms with Gasteiger partial charge in [0.25, 0.3) is 0 Å². The number of benzene rings is 2. The van der Waals surface area contributed by atoms with Crippen LogP contribution in [0.15, 0.2) is 53.6 Å². The van der Waals surface area contributed by atoms with Crippen molar-refractivity contribution in [2.45, 2.75) is 12.6 Å². The molecule has 21 heavy (non-hydrogen) atoms. The summed E-state index contributed by atoms with van der Waals surface area (Å²) in [6.07, 6.45) is 1.54. The minimum Gasteiger partial charge on any atom is -0.311 e. The van der Waals surface area contributed by atoms with Crippen molar-refractivity contribution in [2.75, 3.05) is 7.05 Å². The number of hydrogen-bond acceptors (Lipinski definition) is 3. The van der Waals surface area contributed by atoms with Gasteiger partial charge in [0.05, 0.1) is 12.6 Å². The van der Waals surface area contributed by atoms with Gasteiger partial charge >= 0.3 is 5.69 Å². The van der Waals surface area contributed by atoms with Gasteiger partial charge in [-0.15, -0.1) is 0 Å². The normalized spacial score (nSPS) is 12.7. The first-order valence-corrected chi connectivity index (χ1v) is 6.93. The largest absolute Gasteiger partial charge is 0.345 e. The highest BCUT2D eigenvalue weighted by Crippen LogP contribution is 2.21. The van der Waals surface area contributed by atoms with Crippen molar-refractivity contribution >= 4 is 10.8 Å². The van der Waals surface area contributed by atoms with Gasteiger partial charge in [-0.05, 0) is 29.4 Å². The summed E-state index contributed by atoms with van der Waals surface area (Å²) in [7, 11) is 3.60. The van der Waals surface area contributed by atoms with Crippen LogP contribution in [0.2, 0.25) is 0 Å². The first-order valence-electron chi connectivity index (χ1n) is 6.93. The molecule has 0 amide bonds. The Morgan fingerprint density at radius 2 is 1.95 bits per heavy atom. The van der Waals surface area contributed by atoms with Crippen LogP contribution in [0.1, 0.15) is 11.6 Å². The van der Waals surface area contributed by atoms with Crippen molar-refractivity contribution in [2.24, 2.45) is 7.05 Å². The molecule has 0 spiro atoms. The molecule has 108 valence electrons. The van der Waals surface area contributed by atoms with Gasteiger partial charge in [0.15, 0.2) is 0 Å². The third-order valence-electron chi connectivity index (χ3n) is 3.77. The maximum Gasteiger partial charge on any atom is 0.345 e. The Balaban J connectivity index is 1.94. The van der Waals surface area contributed by atoms with Crippen molar-refractivity contribution in [3.05, 3.63) is 64.8 Å². The summed E-state index contributed by atoms with van der Waals surface area (Å²) < 4.78 is 2.96. The standard InChI is InChI=1S/C16H18N4O/c1-17-15(10-20-16(21)19(2)11-18-20)14-8-7-12-5-3-4-6-13(12)9-14/h3-9,11,15,17H,10H2,1-2H3. The fraction of sp³-hybridized carbons (Fsp3) is 0.250. The highest BCUT2D eigenvalue weighted by molar-refractivity contribution is 5.83. The molecule has 0 radical (unpaired) electrons. The third kappa shape index (κ3) is 2.60. The van der Waals surface area contributed by atoms with Crippen molar-refractivity contribution in [3.63, 3.8) is 0 Å². The van der Waals surface area contributed by atoms with Gasteiger partial charge in [-0.2, -0.15) is 5.10 Å². The third-order valence-corrected chi connectivity index (χ3v) is 3.77. The van der Waals surface area contributed by atoms with E-state index in [1.807, 2.05) is 19.2 Å². The second-order valence-corrected chi connectivity index (χ2v) is 5.15. The smallest absolute Gasteiger partial charge is 0.311 e. The molecule has 1 unspecified atom stereocenters. The zero-order valence-corrected chi connectivity index (χ0v) is 12.2. The monoisotopic (exact) mass is 282 g/mol. The summed E-state index contributed by atoms with van der Waals surface area (Å²) in [5, 5.41) is 9.79. The van der Waals surface area contributed by atoms with Crippen LogP contribution in [-0.2, 0) is 13.6 Å². The Morgan fingerprint density at radius 1 is 1.19 bits per heavy atom. The Bertz CT molecular complexity index is 818. The summed E-state index contributed by atoms with van der Waals surface area (Å²) in [5.74, 6) is 0. The molecule has 1 atom stereocenters. The number of aromatic nitrogens is 3. The maximum absolute atomic E-state index is 11.9. The minimum atomic E-state index is -0.101. The molecule has 0 saturated heterocycles. The van der Waals surface area contributed by atoms with E-state index >= 15 is 0 Å². The number of nitrogens with one attached hydrogen (secondary N) is 1. The van der Waals surface area contributed by atoms with Crippen LogP contribution in [0.25, 0.3) is 10.8 Å². The van der Waals surface area contributed by atoms with E-state index in [1.54, 1.807) is 7.05 Å². The maximum atomic E-state index is 11.9. The molecule has 0 bridgehead atoms. The topological polar surface area (TPSA) is 51.9 Å². The molecular formula is C16H18N4O. The van der Waals surface area contributed by atoms with Crippen LogP contribution in [0.4, 0.5) is 0 Å². The lowest BCUT2D eigenvalue weighted by atomic mass is 10.0. The van der Waals surface area contributed by atoms with Gasteiger partial charge in [-0.25, -0.2) is 9.48 Å². The summed E-state index contributed by atoms with van der Waals surface area (Å²) >= 11 is 0. The van der Waals surface area contributed by atoms with Gasteiger partial charge in [-0.1, -0.05) is 36.4 Å². The molecule has 0 aliphatic heterocycles. The van der Waals surface area contributed by atoms with Crippen LogP contribution in [0, 0.1) is 0 Å². The van der Waals surface area contributed by atoms with Crippen LogP contribution >= 0.6 is 0 Å². The highest BCUT2D eigenvalue weighted by atomic mass is 16.2. The average molecular weight is 282 g/mol. The molecule has 3 aromatic rings. The first kappa shape index (κ1) is 13.6. The van der Waals surface area contributed by atoms with Crippen LogP contribution in [0.5, 0.6) is 0 Å². The predicted octanol–water partition coefficient (Wildman–Crippen LogP) is 1.70. The van der Waals surface area contributed by atoms with Crippen LogP contribution in [0.3, 0.4) is 0 Å². The summed E-state index contributed by atoms with van der Waals surface area (Å²) in [6.45, 7) is 0.508. The fourth-order valence-corrected chi connectivity index (χ4v) is 2.51. The van der Waals surface area contributed by atoms with Crippen molar-refractivity contribution < 1.29 is 0 Å². The van der Waals surface area contributed by atoms with E-state index in [0.717, 1.165) is 5.56 Å². The molecule has 1 N–H and O–H groups in total. The Morgan fingerprint density at radius 3 is 2.62 bits per heavy atom. The molecule has 5 nitrogen and oxygen atoms in total. The van der Waals surface area contributed by atoms with Gasteiger partial charge < -0.3 is 5.32 Å². The quantitative estimate of drug-likeness (QED) is 0.792. The zero-order valence-electron chi connectivity index (χ0n) is 12.2. The fourth-order valence-electron chi connectivity index (χ4n) is 2.51. The van der Waals surface area contributed by atoms with E-state index in [9.17, 15) is 4.79 Å². The molecule has 3 rings (SSSR count). The van der Waals surface area contributed by atoms with E-state index in [2.05, 4.69) is 40.7 Å². The molecular weight excluding hydrogens is 264 g/mol. The molecule has 2 aromatic carbocycles. The lowest BCUT2D eigenvalue weighted by Gasteiger charge is -2.16. The lowest BCUT2D eigenvalue weighted by Crippen LogP contribution is -2.30. The average Bonchev–Trinajstić information content (AvgIpc) is 2.84. The van der Waals surface area contributed by atoms with Crippen molar-refractivity contribution in [1.82, 2.24) is 19.7 Å². The number of rotatable bonds is 4. The molecule has 1 aromatic heterocycles. The summed E-state index contributed by atoms with van der Waals surface area (Å²) in [6, 6.07) is 14.7. The van der Waals surface area contributed by atoms with Crippen molar-refractivity contribution in [3.8, 4) is 0 Å². The number of fused-ring (bicyclic) bond motifs is 1. The number of likely N-dealkylation sites (N-methyl/N-ethyl adjacent to an activating group) is 1. The SMILES string of the molecule is CNC(Cn1ncn(C)c1=O)c1ccc2ccccc2c1. The Kier molecular flexibility index (Phi) is 3.58. The van der Waals surface area contributed by atoms with Crippen LogP contribution < -0.4 is 11.0 Å². The van der Waals surface area contributed by atoms with Gasteiger partial charge in [0.1, 0.15) is 6.33 Å². The highest BCUT2D eigenvalue weighted by Gasteiger charge is 2.13. The number of nitrogens with zero attached hydrogens (tertiary/aromatic N) is 3. The van der Waals surface area contributed by atoms with E-state index < -0.39 is 0 Å². The zero-order chi connectivity index (χ0) is 14.8. The van der Waals surface area contributed by atoms with E-state index in [1.165, 1.54) is 26.3 Å². The van der Waals surface area contributed by atoms with E-state index in [0.29, 0.717) is 6.54 Å². The van der Waals surface area contributed by atoms with E-state index in [-0.39, 0.29) is 11.7 Å². The molecule has 0 fully saturated rings. The molecule has 0 saturated carbocycles. The Labute approximate surface area is 122 Å². The van der Waals surface area contributed by atoms with Gasteiger partial charge in [-0.3, -0.25) is 4.57 Å². The minimum absolute atomic E-state index is 0.0437. The molecule has 5 heteroatoms. The second kappa shape index (κ2) is 5.54. The van der Waals surface area contributed by atoms with Gasteiger partial charge in [0.2, 0.25) is 0 Å². The first-order chi connectivity index (χ1) is 10.2. The van der Waals surface area contributed by atoms with E-state index in [4.69, 9.17) is 0 Å². The van der Waals surface area contributed by atoms with Gasteiger partial charge in [0, 0.05) is 7.05 Å².